The molecule has 18 heavy (non-hydrogen) atoms. The first kappa shape index (κ1) is 12.6. The SMILES string of the molecule is Cc1ccc(N(C)c2ccc([C@@H](C)O)nc2)cc1. The Bertz CT molecular complexity index is 503. The molecule has 0 fully saturated rings. The van der Waals surface area contributed by atoms with Crippen LogP contribution < -0.4 is 4.90 Å². The molecular weight excluding hydrogens is 224 g/mol. The Hall–Kier alpha value is -1.87. The van der Waals surface area contributed by atoms with E-state index in [0.29, 0.717) is 5.69 Å². The fourth-order valence-electron chi connectivity index (χ4n) is 1.76. The molecule has 0 saturated heterocycles. The van der Waals surface area contributed by atoms with Crippen LogP contribution in [0, 0.1) is 6.92 Å². The molecule has 0 radical (unpaired) electrons. The summed E-state index contributed by atoms with van der Waals surface area (Å²) in [6.07, 6.45) is 1.26. The number of hydrogen-bond acceptors (Lipinski definition) is 3. The first-order valence-electron chi connectivity index (χ1n) is 6.02. The van der Waals surface area contributed by atoms with Gasteiger partial charge in [-0.15, -0.1) is 0 Å². The molecule has 1 heterocycles. The van der Waals surface area contributed by atoms with Crippen molar-refractivity contribution in [3.8, 4) is 0 Å². The van der Waals surface area contributed by atoms with Gasteiger partial charge in [0, 0.05) is 12.7 Å². The van der Waals surface area contributed by atoms with Crippen molar-refractivity contribution in [1.82, 2.24) is 4.98 Å². The Labute approximate surface area is 108 Å². The Kier molecular flexibility index (Phi) is 3.63. The molecule has 0 bridgehead atoms. The number of aliphatic hydroxyl groups excluding tert-OH is 1. The second kappa shape index (κ2) is 5.19. The maximum Gasteiger partial charge on any atom is 0.0931 e. The lowest BCUT2D eigenvalue weighted by atomic mass is 10.2. The lowest BCUT2D eigenvalue weighted by Gasteiger charge is -2.19. The predicted molar refractivity (Wildman–Crippen MR) is 74.1 cm³/mol. The number of aromatic nitrogens is 1. The molecule has 2 aromatic rings. The Morgan fingerprint density at radius 1 is 1.06 bits per heavy atom. The van der Waals surface area contributed by atoms with Gasteiger partial charge in [0.1, 0.15) is 0 Å². The van der Waals surface area contributed by atoms with E-state index < -0.39 is 6.10 Å². The van der Waals surface area contributed by atoms with Gasteiger partial charge in [0.05, 0.1) is 23.7 Å². The van der Waals surface area contributed by atoms with Crippen LogP contribution in [0.25, 0.3) is 0 Å². The fraction of sp³-hybridized carbons (Fsp3) is 0.267. The fourth-order valence-corrected chi connectivity index (χ4v) is 1.76. The second-order valence-electron chi connectivity index (χ2n) is 4.51. The van der Waals surface area contributed by atoms with E-state index in [1.165, 1.54) is 5.56 Å². The smallest absolute Gasteiger partial charge is 0.0931 e. The summed E-state index contributed by atoms with van der Waals surface area (Å²) in [5, 5.41) is 9.42. The topological polar surface area (TPSA) is 36.4 Å². The van der Waals surface area contributed by atoms with Crippen LogP contribution in [0.4, 0.5) is 11.4 Å². The Morgan fingerprint density at radius 3 is 2.17 bits per heavy atom. The number of aliphatic hydroxyl groups is 1. The standard InChI is InChI=1S/C15H18N2O/c1-11-4-6-13(7-5-11)17(3)14-8-9-15(12(2)18)16-10-14/h4-10,12,18H,1-3H3/t12-/m1/s1. The summed E-state index contributed by atoms with van der Waals surface area (Å²) in [5.74, 6) is 0. The Morgan fingerprint density at radius 2 is 1.67 bits per heavy atom. The minimum Gasteiger partial charge on any atom is -0.387 e. The number of rotatable bonds is 3. The summed E-state index contributed by atoms with van der Waals surface area (Å²) in [4.78, 5) is 6.32. The highest BCUT2D eigenvalue weighted by atomic mass is 16.3. The zero-order valence-corrected chi connectivity index (χ0v) is 11.0. The summed E-state index contributed by atoms with van der Waals surface area (Å²) in [7, 11) is 2.00. The van der Waals surface area contributed by atoms with Crippen LogP contribution in [0.2, 0.25) is 0 Å². The van der Waals surface area contributed by atoms with Gasteiger partial charge in [-0.25, -0.2) is 0 Å². The quantitative estimate of drug-likeness (QED) is 0.897. The van der Waals surface area contributed by atoms with E-state index in [0.717, 1.165) is 11.4 Å². The van der Waals surface area contributed by atoms with E-state index >= 15 is 0 Å². The van der Waals surface area contributed by atoms with Crippen molar-refractivity contribution in [3.63, 3.8) is 0 Å². The van der Waals surface area contributed by atoms with Crippen LogP contribution >= 0.6 is 0 Å². The summed E-state index contributed by atoms with van der Waals surface area (Å²) in [5.41, 5.74) is 4.06. The molecule has 0 aliphatic heterocycles. The molecule has 3 heteroatoms. The van der Waals surface area contributed by atoms with E-state index in [1.807, 2.05) is 19.2 Å². The third-order valence-corrected chi connectivity index (χ3v) is 3.01. The molecule has 0 aliphatic carbocycles. The average molecular weight is 242 g/mol. The summed E-state index contributed by atoms with van der Waals surface area (Å²) in [6.45, 7) is 3.79. The zero-order valence-electron chi connectivity index (χ0n) is 11.0. The highest BCUT2D eigenvalue weighted by molar-refractivity contribution is 5.61. The molecule has 1 atom stereocenters. The summed E-state index contributed by atoms with van der Waals surface area (Å²) >= 11 is 0. The minimum absolute atomic E-state index is 0.524. The van der Waals surface area contributed by atoms with Gasteiger partial charge in [0.2, 0.25) is 0 Å². The van der Waals surface area contributed by atoms with Gasteiger partial charge in [-0.1, -0.05) is 17.7 Å². The predicted octanol–water partition coefficient (Wildman–Crippen LogP) is 3.21. The van der Waals surface area contributed by atoms with Gasteiger partial charge in [0.25, 0.3) is 0 Å². The first-order valence-corrected chi connectivity index (χ1v) is 6.02. The monoisotopic (exact) mass is 242 g/mol. The van der Waals surface area contributed by atoms with Gasteiger partial charge in [-0.3, -0.25) is 4.98 Å². The van der Waals surface area contributed by atoms with Crippen molar-refractivity contribution in [2.24, 2.45) is 0 Å². The Balaban J connectivity index is 2.23. The molecule has 0 aliphatic rings. The lowest BCUT2D eigenvalue weighted by Crippen LogP contribution is -2.10. The molecule has 1 aromatic heterocycles. The number of pyridine rings is 1. The van der Waals surface area contributed by atoms with E-state index in [-0.39, 0.29) is 0 Å². The van der Waals surface area contributed by atoms with Gasteiger partial charge < -0.3 is 10.0 Å². The number of nitrogens with zero attached hydrogens (tertiary/aromatic N) is 2. The van der Waals surface area contributed by atoms with Crippen LogP contribution in [0.3, 0.4) is 0 Å². The molecule has 0 amide bonds. The highest BCUT2D eigenvalue weighted by Crippen LogP contribution is 2.23. The molecule has 1 N–H and O–H groups in total. The van der Waals surface area contributed by atoms with Crippen LogP contribution in [0.5, 0.6) is 0 Å². The zero-order chi connectivity index (χ0) is 13.1. The van der Waals surface area contributed by atoms with Crippen LogP contribution in [-0.2, 0) is 0 Å². The van der Waals surface area contributed by atoms with Crippen molar-refractivity contribution in [1.29, 1.82) is 0 Å². The van der Waals surface area contributed by atoms with Gasteiger partial charge >= 0.3 is 0 Å². The average Bonchev–Trinajstić information content (AvgIpc) is 2.39. The third-order valence-electron chi connectivity index (χ3n) is 3.01. The van der Waals surface area contributed by atoms with E-state index in [4.69, 9.17) is 0 Å². The molecular formula is C15H18N2O. The minimum atomic E-state index is -0.524. The van der Waals surface area contributed by atoms with Gasteiger partial charge in [-0.2, -0.15) is 0 Å². The van der Waals surface area contributed by atoms with Crippen molar-refractivity contribution in [2.75, 3.05) is 11.9 Å². The molecule has 94 valence electrons. The summed E-state index contributed by atoms with van der Waals surface area (Å²) in [6, 6.07) is 12.2. The van der Waals surface area contributed by atoms with Gasteiger partial charge in [-0.05, 0) is 38.1 Å². The molecule has 2 rings (SSSR count). The lowest BCUT2D eigenvalue weighted by molar-refractivity contribution is 0.194. The molecule has 0 unspecified atom stereocenters. The van der Waals surface area contributed by atoms with Crippen molar-refractivity contribution in [3.05, 3.63) is 53.9 Å². The number of benzene rings is 1. The van der Waals surface area contributed by atoms with E-state index in [2.05, 4.69) is 41.1 Å². The molecule has 3 nitrogen and oxygen atoms in total. The first-order chi connectivity index (χ1) is 8.58. The molecule has 0 saturated carbocycles. The summed E-state index contributed by atoms with van der Waals surface area (Å²) < 4.78 is 0. The molecule has 1 aromatic carbocycles. The maximum absolute atomic E-state index is 9.42. The highest BCUT2D eigenvalue weighted by Gasteiger charge is 2.06. The third kappa shape index (κ3) is 2.68. The van der Waals surface area contributed by atoms with Crippen LogP contribution in [0.15, 0.2) is 42.6 Å². The van der Waals surface area contributed by atoms with E-state index in [9.17, 15) is 5.11 Å². The van der Waals surface area contributed by atoms with Gasteiger partial charge in [0.15, 0.2) is 0 Å². The normalized spacial score (nSPS) is 12.2. The largest absolute Gasteiger partial charge is 0.387 e. The van der Waals surface area contributed by atoms with Crippen molar-refractivity contribution < 1.29 is 5.11 Å². The maximum atomic E-state index is 9.42. The number of anilines is 2. The second-order valence-corrected chi connectivity index (χ2v) is 4.51. The van der Waals surface area contributed by atoms with Crippen molar-refractivity contribution >= 4 is 11.4 Å². The number of hydrogen-bond donors (Lipinski definition) is 1. The van der Waals surface area contributed by atoms with Crippen LogP contribution in [-0.4, -0.2) is 17.1 Å². The molecule has 0 spiro atoms. The van der Waals surface area contributed by atoms with E-state index in [1.54, 1.807) is 13.1 Å². The van der Waals surface area contributed by atoms with Crippen molar-refractivity contribution in [2.45, 2.75) is 20.0 Å². The number of aryl methyl sites for hydroxylation is 1. The van der Waals surface area contributed by atoms with Crippen LogP contribution in [0.1, 0.15) is 24.3 Å².